The molecule has 10 heteroatoms. The van der Waals surface area contributed by atoms with E-state index in [9.17, 15) is 26.4 Å². The molecule has 0 aromatic heterocycles. The number of nitrogens with zero attached hydrogens (tertiary/aromatic N) is 1. The van der Waals surface area contributed by atoms with Crippen LogP contribution in [0.4, 0.5) is 5.69 Å². The largest absolute Gasteiger partial charge is 0.268 e. The summed E-state index contributed by atoms with van der Waals surface area (Å²) in [5.41, 5.74) is 0.735. The van der Waals surface area contributed by atoms with Gasteiger partial charge < -0.3 is 0 Å². The fourth-order valence-electron chi connectivity index (χ4n) is 3.34. The maximum atomic E-state index is 12.8. The van der Waals surface area contributed by atoms with Crippen LogP contribution in [0.15, 0.2) is 65.6 Å². The summed E-state index contributed by atoms with van der Waals surface area (Å²) in [4.78, 5) is 26.3. The molecule has 2 amide bonds. The lowest BCUT2D eigenvalue weighted by molar-refractivity contribution is 0.0926. The average Bonchev–Trinajstić information content (AvgIpc) is 2.90. The Labute approximate surface area is 166 Å². The molecule has 8 nitrogen and oxygen atoms in total. The maximum Gasteiger partial charge on any atom is 0.266 e. The van der Waals surface area contributed by atoms with Crippen molar-refractivity contribution in [2.24, 2.45) is 0 Å². The van der Waals surface area contributed by atoms with Gasteiger partial charge in [0.15, 0.2) is 0 Å². The second-order valence-electron chi connectivity index (χ2n) is 6.48. The second-order valence-corrected chi connectivity index (χ2v) is 10.1. The van der Waals surface area contributed by atoms with Crippen molar-refractivity contribution in [3.63, 3.8) is 0 Å². The van der Waals surface area contributed by atoms with E-state index in [-0.39, 0.29) is 27.1 Å². The topological polar surface area (TPSA) is 118 Å². The molecule has 0 bridgehead atoms. The molecule has 0 aliphatic carbocycles. The van der Waals surface area contributed by atoms with Crippen molar-refractivity contribution < 1.29 is 26.4 Å². The monoisotopic (exact) mass is 430 g/mol. The van der Waals surface area contributed by atoms with E-state index in [1.165, 1.54) is 18.2 Å². The first-order valence-electron chi connectivity index (χ1n) is 8.33. The Morgan fingerprint density at radius 2 is 1.24 bits per heavy atom. The first kappa shape index (κ1) is 19.2. The summed E-state index contributed by atoms with van der Waals surface area (Å²) < 4.78 is 49.7. The number of sulfonamides is 2. The number of carbonyl (C=O) groups excluding carboxylic acids is 2. The minimum Gasteiger partial charge on any atom is -0.268 e. The molecule has 0 fully saturated rings. The number of fused-ring (bicyclic) bond motifs is 2. The van der Waals surface area contributed by atoms with Gasteiger partial charge in [0, 0.05) is 10.8 Å². The molecule has 0 saturated heterocycles. The third-order valence-electron chi connectivity index (χ3n) is 4.45. The van der Waals surface area contributed by atoms with E-state index in [2.05, 4.69) is 0 Å². The van der Waals surface area contributed by atoms with Crippen LogP contribution in [0, 0.1) is 0 Å². The normalized spacial score (nSPS) is 14.4. The smallest absolute Gasteiger partial charge is 0.266 e. The van der Waals surface area contributed by atoms with Gasteiger partial charge in [0.1, 0.15) is 0 Å². The summed E-state index contributed by atoms with van der Waals surface area (Å²) in [6, 6.07) is 15.1. The van der Waals surface area contributed by atoms with Gasteiger partial charge in [0.25, 0.3) is 21.8 Å². The molecule has 0 spiro atoms. The van der Waals surface area contributed by atoms with Crippen molar-refractivity contribution in [1.82, 2.24) is 4.13 Å². The zero-order valence-corrected chi connectivity index (χ0v) is 16.6. The Hall–Kier alpha value is -3.08. The van der Waals surface area contributed by atoms with E-state index in [0.29, 0.717) is 5.39 Å². The Morgan fingerprint density at radius 1 is 0.724 bits per heavy atom. The van der Waals surface area contributed by atoms with E-state index in [1.807, 2.05) is 0 Å². The van der Waals surface area contributed by atoms with Gasteiger partial charge in [-0.1, -0.05) is 36.4 Å². The Balaban J connectivity index is 1.92. The van der Waals surface area contributed by atoms with E-state index >= 15 is 0 Å². The number of rotatable bonds is 4. The lowest BCUT2D eigenvalue weighted by Gasteiger charge is -2.18. The van der Waals surface area contributed by atoms with Gasteiger partial charge in [-0.15, -0.1) is 4.13 Å². The molecule has 0 radical (unpaired) electrons. The predicted octanol–water partition coefficient (Wildman–Crippen LogP) is 1.88. The molecular formula is C19H14N2O6S2. The number of hydrogen-bond donors (Lipinski definition) is 1. The van der Waals surface area contributed by atoms with Gasteiger partial charge in [-0.25, -0.2) is 21.7 Å². The second kappa shape index (κ2) is 6.48. The highest BCUT2D eigenvalue weighted by Gasteiger charge is 2.37. The molecule has 29 heavy (non-hydrogen) atoms. The van der Waals surface area contributed by atoms with Crippen molar-refractivity contribution in [2.45, 2.75) is 4.90 Å². The van der Waals surface area contributed by atoms with Crippen molar-refractivity contribution in [3.8, 4) is 0 Å². The Morgan fingerprint density at radius 3 is 1.79 bits per heavy atom. The molecule has 1 heterocycles. The van der Waals surface area contributed by atoms with E-state index < -0.39 is 31.9 Å². The van der Waals surface area contributed by atoms with Crippen LogP contribution in [0.1, 0.15) is 20.7 Å². The SMILES string of the molecule is CS(=O)(=O)NS(=O)(=O)c1ccc(N2C(=O)c3ccccc3C2=O)c2ccccc12. The van der Waals surface area contributed by atoms with Gasteiger partial charge in [0.05, 0.1) is 28.0 Å². The summed E-state index contributed by atoms with van der Waals surface area (Å²) in [5, 5.41) is 0.496. The number of anilines is 1. The fraction of sp³-hybridized carbons (Fsp3) is 0.0526. The lowest BCUT2D eigenvalue weighted by atomic mass is 10.1. The Kier molecular flexibility index (Phi) is 4.30. The minimum absolute atomic E-state index is 0.178. The number of amides is 2. The van der Waals surface area contributed by atoms with Crippen LogP contribution in [0.2, 0.25) is 0 Å². The van der Waals surface area contributed by atoms with Crippen LogP contribution < -0.4 is 9.03 Å². The highest BCUT2D eigenvalue weighted by molar-refractivity contribution is 8.04. The highest BCUT2D eigenvalue weighted by Crippen LogP contribution is 2.36. The van der Waals surface area contributed by atoms with Crippen molar-refractivity contribution >= 4 is 48.3 Å². The van der Waals surface area contributed by atoms with Crippen LogP contribution in [-0.4, -0.2) is 34.9 Å². The molecule has 3 aromatic rings. The molecule has 1 N–H and O–H groups in total. The van der Waals surface area contributed by atoms with Gasteiger partial charge in [-0.2, -0.15) is 0 Å². The molecule has 0 saturated carbocycles. The summed E-state index contributed by atoms with van der Waals surface area (Å²) >= 11 is 0. The van der Waals surface area contributed by atoms with E-state index in [1.54, 1.807) is 46.6 Å². The summed E-state index contributed by atoms with van der Waals surface area (Å²) in [5.74, 6) is -1.03. The molecule has 3 aromatic carbocycles. The van der Waals surface area contributed by atoms with Crippen molar-refractivity contribution in [1.29, 1.82) is 0 Å². The number of carbonyl (C=O) groups is 2. The molecule has 0 unspecified atom stereocenters. The molecule has 4 rings (SSSR count). The fourth-order valence-corrected chi connectivity index (χ4v) is 6.01. The van der Waals surface area contributed by atoms with Crippen LogP contribution in [0.25, 0.3) is 10.8 Å². The third-order valence-corrected chi connectivity index (χ3v) is 7.47. The minimum atomic E-state index is -4.39. The first-order valence-corrected chi connectivity index (χ1v) is 11.7. The highest BCUT2D eigenvalue weighted by atomic mass is 32.3. The van der Waals surface area contributed by atoms with Crippen LogP contribution in [0.5, 0.6) is 0 Å². The quantitative estimate of drug-likeness (QED) is 0.632. The van der Waals surface area contributed by atoms with Gasteiger partial charge in [0.2, 0.25) is 10.0 Å². The average molecular weight is 430 g/mol. The lowest BCUT2D eigenvalue weighted by Crippen LogP contribution is -2.31. The van der Waals surface area contributed by atoms with Crippen LogP contribution >= 0.6 is 0 Å². The number of benzene rings is 3. The molecule has 1 aliphatic heterocycles. The standard InChI is InChI=1S/C19H14N2O6S2/c1-28(24,25)20-29(26,27)17-11-10-16(12-6-2-3-7-13(12)17)21-18(22)14-8-4-5-9-15(14)19(21)23/h2-11,20H,1H3. The predicted molar refractivity (Wildman–Crippen MR) is 107 cm³/mol. The summed E-state index contributed by atoms with van der Waals surface area (Å²) in [6.07, 6.45) is 0.736. The number of imide groups is 1. The zero-order valence-electron chi connectivity index (χ0n) is 15.0. The first-order chi connectivity index (χ1) is 13.6. The third kappa shape index (κ3) is 3.20. The summed E-state index contributed by atoms with van der Waals surface area (Å²) in [6.45, 7) is 0. The van der Waals surface area contributed by atoms with E-state index in [0.717, 1.165) is 11.2 Å². The van der Waals surface area contributed by atoms with E-state index in [4.69, 9.17) is 0 Å². The van der Waals surface area contributed by atoms with Crippen molar-refractivity contribution in [3.05, 3.63) is 71.8 Å². The van der Waals surface area contributed by atoms with Crippen LogP contribution in [0.3, 0.4) is 0 Å². The summed E-state index contributed by atoms with van der Waals surface area (Å²) in [7, 11) is -8.43. The van der Waals surface area contributed by atoms with Crippen molar-refractivity contribution in [2.75, 3.05) is 11.2 Å². The van der Waals surface area contributed by atoms with Gasteiger partial charge in [-0.3, -0.25) is 9.59 Å². The Bertz CT molecular complexity index is 1380. The maximum absolute atomic E-state index is 12.8. The molecule has 1 aliphatic rings. The zero-order chi connectivity index (χ0) is 21.0. The number of hydrogen-bond acceptors (Lipinski definition) is 6. The van der Waals surface area contributed by atoms with Crippen LogP contribution in [-0.2, 0) is 20.0 Å². The number of nitrogens with one attached hydrogen (secondary N) is 1. The molecule has 148 valence electrons. The molecule has 0 atom stereocenters. The van der Waals surface area contributed by atoms with Gasteiger partial charge in [-0.05, 0) is 24.3 Å². The van der Waals surface area contributed by atoms with Gasteiger partial charge >= 0.3 is 0 Å². The molecular weight excluding hydrogens is 416 g/mol.